The van der Waals surface area contributed by atoms with Crippen molar-refractivity contribution >= 4 is 32.7 Å². The van der Waals surface area contributed by atoms with Crippen LogP contribution in [0.3, 0.4) is 0 Å². The van der Waals surface area contributed by atoms with Gasteiger partial charge in [-0.05, 0) is 32.4 Å². The number of aryl methyl sites for hydroxylation is 2. The van der Waals surface area contributed by atoms with Crippen LogP contribution in [0.2, 0.25) is 0 Å². The largest absolute Gasteiger partial charge is 0.396 e. The highest BCUT2D eigenvalue weighted by Crippen LogP contribution is 2.40. The zero-order valence-electron chi connectivity index (χ0n) is 10.7. The van der Waals surface area contributed by atoms with E-state index in [0.29, 0.717) is 15.7 Å². The van der Waals surface area contributed by atoms with Crippen LogP contribution in [0.1, 0.15) is 16.7 Å². The fourth-order valence-electron chi connectivity index (χ4n) is 1.62. The number of thiophene rings is 1. The normalized spacial score (nSPS) is 11.3. The summed E-state index contributed by atoms with van der Waals surface area (Å²) in [6.07, 6.45) is 0. The third-order valence-electron chi connectivity index (χ3n) is 2.81. The number of nitrogens with zero attached hydrogens (tertiary/aromatic N) is 2. The number of benzene rings is 1. The fraction of sp³-hybridized carbons (Fsp3) is 0.231. The predicted molar refractivity (Wildman–Crippen MR) is 78.0 cm³/mol. The van der Waals surface area contributed by atoms with Crippen molar-refractivity contribution in [1.29, 1.82) is 0 Å². The van der Waals surface area contributed by atoms with Crippen molar-refractivity contribution in [3.63, 3.8) is 0 Å². The molecule has 0 unspecified atom stereocenters. The van der Waals surface area contributed by atoms with E-state index < -0.39 is 0 Å². The molecule has 5 heteroatoms. The first kappa shape index (κ1) is 12.6. The number of anilines is 2. The number of rotatable bonds is 2. The summed E-state index contributed by atoms with van der Waals surface area (Å²) >= 11 is 1.36. The third-order valence-corrected chi connectivity index (χ3v) is 3.83. The molecular formula is C13H16N4S. The minimum absolute atomic E-state index is 0.617. The number of hydrogen-bond donors (Lipinski definition) is 2. The molecule has 4 N–H and O–H groups in total. The first-order chi connectivity index (χ1) is 8.49. The van der Waals surface area contributed by atoms with Crippen LogP contribution >= 0.6 is 11.3 Å². The first-order valence-electron chi connectivity index (χ1n) is 5.62. The Bertz CT molecular complexity index is 614. The molecule has 1 heterocycles. The molecule has 18 heavy (non-hydrogen) atoms. The zero-order valence-corrected chi connectivity index (χ0v) is 11.5. The van der Waals surface area contributed by atoms with Gasteiger partial charge in [0, 0.05) is 5.56 Å². The summed E-state index contributed by atoms with van der Waals surface area (Å²) in [5.41, 5.74) is 16.4. The van der Waals surface area contributed by atoms with E-state index in [2.05, 4.69) is 23.2 Å². The Morgan fingerprint density at radius 1 is 1.06 bits per heavy atom. The maximum absolute atomic E-state index is 5.91. The van der Waals surface area contributed by atoms with Crippen LogP contribution < -0.4 is 11.5 Å². The van der Waals surface area contributed by atoms with Crippen molar-refractivity contribution < 1.29 is 0 Å². The van der Waals surface area contributed by atoms with Crippen LogP contribution in [0.5, 0.6) is 0 Å². The summed E-state index contributed by atoms with van der Waals surface area (Å²) in [5, 5.41) is 9.79. The highest BCUT2D eigenvalue weighted by molar-refractivity contribution is 7.20. The van der Waals surface area contributed by atoms with Crippen LogP contribution in [0.4, 0.5) is 21.4 Å². The molecule has 0 aliphatic heterocycles. The maximum atomic E-state index is 5.91. The lowest BCUT2D eigenvalue weighted by atomic mass is 10.1. The molecule has 0 radical (unpaired) electrons. The highest BCUT2D eigenvalue weighted by Gasteiger charge is 2.09. The Hall–Kier alpha value is -1.88. The molecule has 0 spiro atoms. The highest BCUT2D eigenvalue weighted by atomic mass is 32.1. The lowest BCUT2D eigenvalue weighted by Gasteiger charge is -1.99. The molecule has 0 bridgehead atoms. The van der Waals surface area contributed by atoms with Crippen molar-refractivity contribution in [2.45, 2.75) is 20.8 Å². The molecule has 0 fully saturated rings. The van der Waals surface area contributed by atoms with Gasteiger partial charge in [-0.1, -0.05) is 29.0 Å². The molecule has 2 aromatic rings. The molecule has 2 rings (SSSR count). The molecule has 0 amide bonds. The van der Waals surface area contributed by atoms with E-state index in [4.69, 9.17) is 11.5 Å². The topological polar surface area (TPSA) is 76.8 Å². The van der Waals surface area contributed by atoms with Crippen LogP contribution in [0.25, 0.3) is 0 Å². The minimum atomic E-state index is 0.617. The summed E-state index contributed by atoms with van der Waals surface area (Å²) in [6.45, 7) is 5.95. The van der Waals surface area contributed by atoms with Gasteiger partial charge in [0.2, 0.25) is 0 Å². The second-order valence-electron chi connectivity index (χ2n) is 4.30. The summed E-state index contributed by atoms with van der Waals surface area (Å²) in [5.74, 6) is 0. The lowest BCUT2D eigenvalue weighted by Crippen LogP contribution is -1.87. The van der Waals surface area contributed by atoms with E-state index in [0.717, 1.165) is 16.8 Å². The van der Waals surface area contributed by atoms with Crippen LogP contribution in [-0.4, -0.2) is 0 Å². The van der Waals surface area contributed by atoms with E-state index in [1.807, 2.05) is 26.0 Å². The number of nitrogens with two attached hydrogens (primary N) is 2. The predicted octanol–water partition coefficient (Wildman–Crippen LogP) is 4.25. The maximum Gasteiger partial charge on any atom is 0.164 e. The molecule has 0 saturated heterocycles. The Kier molecular flexibility index (Phi) is 3.34. The average Bonchev–Trinajstić information content (AvgIpc) is 2.56. The average molecular weight is 260 g/mol. The lowest BCUT2D eigenvalue weighted by molar-refractivity contribution is 1.22. The van der Waals surface area contributed by atoms with Crippen molar-refractivity contribution in [1.82, 2.24) is 0 Å². The van der Waals surface area contributed by atoms with E-state index in [-0.39, 0.29) is 0 Å². The second-order valence-corrected chi connectivity index (χ2v) is 5.33. The van der Waals surface area contributed by atoms with Crippen molar-refractivity contribution in [3.05, 3.63) is 34.9 Å². The Morgan fingerprint density at radius 2 is 1.78 bits per heavy atom. The van der Waals surface area contributed by atoms with Gasteiger partial charge in [-0.25, -0.2) is 0 Å². The van der Waals surface area contributed by atoms with Gasteiger partial charge in [0.15, 0.2) is 5.00 Å². The smallest absolute Gasteiger partial charge is 0.164 e. The summed E-state index contributed by atoms with van der Waals surface area (Å²) in [4.78, 5) is 0. The molecular weight excluding hydrogens is 244 g/mol. The molecule has 4 nitrogen and oxygen atoms in total. The minimum Gasteiger partial charge on any atom is -0.396 e. The Labute approximate surface area is 110 Å². The van der Waals surface area contributed by atoms with Crippen molar-refractivity contribution in [3.8, 4) is 0 Å². The molecule has 1 aromatic heterocycles. The molecule has 0 saturated carbocycles. The van der Waals surface area contributed by atoms with Gasteiger partial charge in [-0.3, -0.25) is 0 Å². The van der Waals surface area contributed by atoms with Gasteiger partial charge < -0.3 is 11.5 Å². The second kappa shape index (κ2) is 4.78. The molecule has 1 aromatic carbocycles. The number of hydrogen-bond acceptors (Lipinski definition) is 5. The standard InChI is InChI=1S/C13H16N4S/c1-7-4-5-10(8(2)6-7)16-17-13-11(14)9(3)12(15)18-13/h4-6H,14-15H2,1-3H3/b17-16+. The van der Waals surface area contributed by atoms with Crippen LogP contribution in [0.15, 0.2) is 28.4 Å². The zero-order chi connectivity index (χ0) is 13.3. The summed E-state index contributed by atoms with van der Waals surface area (Å²) in [6, 6.07) is 6.04. The van der Waals surface area contributed by atoms with Gasteiger partial charge in [0.1, 0.15) is 0 Å². The van der Waals surface area contributed by atoms with Crippen molar-refractivity contribution in [2.75, 3.05) is 11.5 Å². The van der Waals surface area contributed by atoms with Crippen LogP contribution in [-0.2, 0) is 0 Å². The quantitative estimate of drug-likeness (QED) is 0.792. The van der Waals surface area contributed by atoms with E-state index in [1.54, 1.807) is 0 Å². The van der Waals surface area contributed by atoms with Gasteiger partial charge in [0.05, 0.1) is 16.4 Å². The number of nitrogen functional groups attached to an aromatic ring is 2. The fourth-order valence-corrected chi connectivity index (χ4v) is 2.44. The molecule has 0 aliphatic carbocycles. The summed E-state index contributed by atoms with van der Waals surface area (Å²) < 4.78 is 0. The third kappa shape index (κ3) is 2.36. The Balaban J connectivity index is 2.33. The SMILES string of the molecule is Cc1ccc(/N=N/c2sc(N)c(C)c2N)c(C)c1. The van der Waals surface area contributed by atoms with Gasteiger partial charge in [-0.15, -0.1) is 10.2 Å². The monoisotopic (exact) mass is 260 g/mol. The van der Waals surface area contributed by atoms with Gasteiger partial charge in [0.25, 0.3) is 0 Å². The molecule has 94 valence electrons. The first-order valence-corrected chi connectivity index (χ1v) is 6.44. The van der Waals surface area contributed by atoms with Gasteiger partial charge >= 0.3 is 0 Å². The number of azo groups is 1. The van der Waals surface area contributed by atoms with Crippen molar-refractivity contribution in [2.24, 2.45) is 10.2 Å². The molecule has 0 aliphatic rings. The molecule has 0 atom stereocenters. The van der Waals surface area contributed by atoms with E-state index in [9.17, 15) is 0 Å². The van der Waals surface area contributed by atoms with E-state index >= 15 is 0 Å². The van der Waals surface area contributed by atoms with Gasteiger partial charge in [-0.2, -0.15) is 0 Å². The van der Waals surface area contributed by atoms with Crippen LogP contribution in [0, 0.1) is 20.8 Å². The Morgan fingerprint density at radius 3 is 2.33 bits per heavy atom. The van der Waals surface area contributed by atoms with E-state index in [1.165, 1.54) is 16.9 Å². The summed E-state index contributed by atoms with van der Waals surface area (Å²) in [7, 11) is 0.